The number of nitrogens with one attached hydrogen (secondary N) is 1. The number of alkyl halides is 1. The smallest absolute Gasteiger partial charge is 0.335 e. The van der Waals surface area contributed by atoms with Gasteiger partial charge in [-0.25, -0.2) is 4.79 Å². The molecule has 2 unspecified atom stereocenters. The van der Waals surface area contributed by atoms with Gasteiger partial charge in [-0.1, -0.05) is 11.1 Å². The van der Waals surface area contributed by atoms with Crippen molar-refractivity contribution in [3.05, 3.63) is 40.5 Å². The van der Waals surface area contributed by atoms with Gasteiger partial charge in [-0.2, -0.15) is 0 Å². The van der Waals surface area contributed by atoms with E-state index in [1.165, 1.54) is 11.1 Å². The van der Waals surface area contributed by atoms with Crippen molar-refractivity contribution in [2.24, 2.45) is 0 Å². The molecule has 2 rings (SSSR count). The highest BCUT2D eigenvalue weighted by atomic mass is 35.5. The van der Waals surface area contributed by atoms with Crippen molar-refractivity contribution in [2.75, 3.05) is 19.0 Å². The number of methoxy groups -OCH3 is 1. The highest BCUT2D eigenvalue weighted by Gasteiger charge is 2.41. The third-order valence-corrected chi connectivity index (χ3v) is 5.51. The Kier molecular flexibility index (Phi) is 5.94. The van der Waals surface area contributed by atoms with Gasteiger partial charge in [0.1, 0.15) is 0 Å². The molecule has 0 fully saturated rings. The molecule has 24 heavy (non-hydrogen) atoms. The Morgan fingerprint density at radius 3 is 2.71 bits per heavy atom. The molecule has 0 saturated heterocycles. The van der Waals surface area contributed by atoms with Crippen LogP contribution in [0.2, 0.25) is 0 Å². The normalized spacial score (nSPS) is 22.5. The summed E-state index contributed by atoms with van der Waals surface area (Å²) in [7, 11) is 1.68. The summed E-state index contributed by atoms with van der Waals surface area (Å²) in [6.45, 7) is 6.90. The number of rotatable bonds is 6. The van der Waals surface area contributed by atoms with Gasteiger partial charge in [0, 0.05) is 12.8 Å². The van der Waals surface area contributed by atoms with Crippen molar-refractivity contribution in [3.63, 3.8) is 0 Å². The standard InChI is InChI=1S/C19H26ClNO3/c1-12(2)13(3)7-8-19(11-24-4)17(20)10-15-9-14(18(22)23)5-6-16(15)21-19/h5-6,9,17,21H,7-8,10-11H2,1-4H3,(H,22,23). The molecule has 2 atom stereocenters. The number of anilines is 1. The van der Waals surface area contributed by atoms with Gasteiger partial charge in [0.25, 0.3) is 0 Å². The summed E-state index contributed by atoms with van der Waals surface area (Å²) in [5, 5.41) is 12.5. The van der Waals surface area contributed by atoms with Crippen LogP contribution in [0.4, 0.5) is 5.69 Å². The molecule has 0 radical (unpaired) electrons. The number of halogens is 1. The minimum absolute atomic E-state index is 0.168. The fraction of sp³-hybridized carbons (Fsp3) is 0.526. The minimum Gasteiger partial charge on any atom is -0.478 e. The van der Waals surface area contributed by atoms with Crippen LogP contribution in [0.15, 0.2) is 29.3 Å². The van der Waals surface area contributed by atoms with E-state index >= 15 is 0 Å². The number of carboxylic acid groups (broad SMARTS) is 1. The SMILES string of the molecule is COCC1(CCC(C)=C(C)C)Nc2ccc(C(=O)O)cc2CC1Cl. The molecule has 0 spiro atoms. The molecule has 0 amide bonds. The van der Waals surface area contributed by atoms with Crippen molar-refractivity contribution in [2.45, 2.75) is 50.9 Å². The van der Waals surface area contributed by atoms with Gasteiger partial charge < -0.3 is 15.2 Å². The number of aromatic carboxylic acids is 1. The Bertz CT molecular complexity index is 652. The summed E-state index contributed by atoms with van der Waals surface area (Å²) in [6.07, 6.45) is 2.44. The maximum Gasteiger partial charge on any atom is 0.335 e. The molecule has 0 aromatic heterocycles. The third-order valence-electron chi connectivity index (χ3n) is 4.94. The molecule has 2 N–H and O–H groups in total. The maximum atomic E-state index is 11.2. The van der Waals surface area contributed by atoms with Gasteiger partial charge in [-0.05, 0) is 63.8 Å². The number of allylic oxidation sites excluding steroid dienone is 2. The van der Waals surface area contributed by atoms with Crippen LogP contribution in [0.3, 0.4) is 0 Å². The molecule has 1 aromatic carbocycles. The van der Waals surface area contributed by atoms with E-state index in [-0.39, 0.29) is 10.9 Å². The number of carboxylic acids is 1. The van der Waals surface area contributed by atoms with E-state index in [1.807, 2.05) is 6.07 Å². The van der Waals surface area contributed by atoms with E-state index in [2.05, 4.69) is 26.1 Å². The lowest BCUT2D eigenvalue weighted by atomic mass is 9.81. The lowest BCUT2D eigenvalue weighted by Gasteiger charge is -2.43. The van der Waals surface area contributed by atoms with Gasteiger partial charge >= 0.3 is 5.97 Å². The summed E-state index contributed by atoms with van der Waals surface area (Å²) in [5.74, 6) is -0.920. The number of ether oxygens (including phenoxy) is 1. The van der Waals surface area contributed by atoms with Crippen molar-refractivity contribution in [1.82, 2.24) is 0 Å². The van der Waals surface area contributed by atoms with Crippen molar-refractivity contribution < 1.29 is 14.6 Å². The van der Waals surface area contributed by atoms with Crippen LogP contribution in [0.1, 0.15) is 49.5 Å². The molecule has 1 aliphatic heterocycles. The van der Waals surface area contributed by atoms with Crippen LogP contribution in [0.25, 0.3) is 0 Å². The summed E-state index contributed by atoms with van der Waals surface area (Å²) < 4.78 is 5.47. The Labute approximate surface area is 148 Å². The number of hydrogen-bond acceptors (Lipinski definition) is 3. The van der Waals surface area contributed by atoms with E-state index < -0.39 is 5.97 Å². The zero-order valence-corrected chi connectivity index (χ0v) is 15.5. The molecule has 1 heterocycles. The van der Waals surface area contributed by atoms with Crippen molar-refractivity contribution in [1.29, 1.82) is 0 Å². The molecule has 132 valence electrons. The van der Waals surface area contributed by atoms with Crippen LogP contribution in [0, 0.1) is 0 Å². The number of hydrogen-bond donors (Lipinski definition) is 2. The third kappa shape index (κ3) is 3.93. The summed E-state index contributed by atoms with van der Waals surface area (Å²) in [5.41, 5.74) is 4.52. The van der Waals surface area contributed by atoms with Crippen LogP contribution in [-0.4, -0.2) is 35.7 Å². The van der Waals surface area contributed by atoms with E-state index in [9.17, 15) is 4.79 Å². The first-order chi connectivity index (χ1) is 11.3. The lowest BCUT2D eigenvalue weighted by Crippen LogP contribution is -2.54. The molecule has 0 bridgehead atoms. The second-order valence-corrected chi connectivity index (χ2v) is 7.37. The maximum absolute atomic E-state index is 11.2. The fourth-order valence-electron chi connectivity index (χ4n) is 3.09. The Balaban J connectivity index is 2.30. The Morgan fingerprint density at radius 2 is 2.12 bits per heavy atom. The van der Waals surface area contributed by atoms with E-state index in [0.717, 1.165) is 24.1 Å². The summed E-state index contributed by atoms with van der Waals surface area (Å²) in [4.78, 5) is 11.2. The van der Waals surface area contributed by atoms with Crippen molar-refractivity contribution >= 4 is 23.3 Å². The van der Waals surface area contributed by atoms with Crippen LogP contribution >= 0.6 is 11.6 Å². The second-order valence-electron chi connectivity index (χ2n) is 6.84. The molecular weight excluding hydrogens is 326 g/mol. The molecular formula is C19H26ClNO3. The monoisotopic (exact) mass is 351 g/mol. The first kappa shape index (κ1) is 18.8. The minimum atomic E-state index is -0.920. The molecule has 1 aliphatic rings. The molecule has 4 nitrogen and oxygen atoms in total. The van der Waals surface area contributed by atoms with Crippen LogP contribution in [0.5, 0.6) is 0 Å². The fourth-order valence-corrected chi connectivity index (χ4v) is 3.48. The highest BCUT2D eigenvalue weighted by Crippen LogP contribution is 2.38. The quantitative estimate of drug-likeness (QED) is 0.586. The van der Waals surface area contributed by atoms with E-state index in [4.69, 9.17) is 21.4 Å². The molecule has 1 aromatic rings. The number of fused-ring (bicyclic) bond motifs is 1. The topological polar surface area (TPSA) is 58.6 Å². The highest BCUT2D eigenvalue weighted by molar-refractivity contribution is 6.22. The zero-order chi connectivity index (χ0) is 17.9. The molecule has 0 saturated carbocycles. The summed E-state index contributed by atoms with van der Waals surface area (Å²) in [6, 6.07) is 5.17. The Morgan fingerprint density at radius 1 is 1.42 bits per heavy atom. The lowest BCUT2D eigenvalue weighted by molar-refractivity contribution is 0.0696. The van der Waals surface area contributed by atoms with Gasteiger partial charge in [0.05, 0.1) is 23.1 Å². The number of benzene rings is 1. The average Bonchev–Trinajstić information content (AvgIpc) is 2.53. The van der Waals surface area contributed by atoms with Gasteiger partial charge in [0.2, 0.25) is 0 Å². The molecule has 5 heteroatoms. The Hall–Kier alpha value is -1.52. The largest absolute Gasteiger partial charge is 0.478 e. The second kappa shape index (κ2) is 7.58. The zero-order valence-electron chi connectivity index (χ0n) is 14.8. The van der Waals surface area contributed by atoms with E-state index in [1.54, 1.807) is 19.2 Å². The first-order valence-corrected chi connectivity index (χ1v) is 8.63. The van der Waals surface area contributed by atoms with Gasteiger partial charge in [0.15, 0.2) is 0 Å². The molecule has 0 aliphatic carbocycles. The average molecular weight is 352 g/mol. The predicted octanol–water partition coefficient (Wildman–Crippen LogP) is 4.48. The number of carbonyl (C=O) groups is 1. The summed E-state index contributed by atoms with van der Waals surface area (Å²) >= 11 is 6.73. The van der Waals surface area contributed by atoms with Gasteiger partial charge in [-0.15, -0.1) is 11.6 Å². The van der Waals surface area contributed by atoms with Crippen molar-refractivity contribution in [3.8, 4) is 0 Å². The van der Waals surface area contributed by atoms with Crippen LogP contribution in [-0.2, 0) is 11.2 Å². The predicted molar refractivity (Wildman–Crippen MR) is 98.3 cm³/mol. The van der Waals surface area contributed by atoms with Crippen LogP contribution < -0.4 is 5.32 Å². The van der Waals surface area contributed by atoms with Gasteiger partial charge in [-0.3, -0.25) is 0 Å². The van der Waals surface area contributed by atoms with E-state index in [0.29, 0.717) is 18.6 Å². The first-order valence-electron chi connectivity index (χ1n) is 8.19.